The van der Waals surface area contributed by atoms with Crippen LogP contribution in [0.1, 0.15) is 24.5 Å². The van der Waals surface area contributed by atoms with E-state index in [-0.39, 0.29) is 0 Å². The fourth-order valence-electron chi connectivity index (χ4n) is 10.4. The van der Waals surface area contributed by atoms with Crippen molar-refractivity contribution in [3.05, 3.63) is 278 Å². The maximum Gasteiger partial charge on any atom is 0.0468 e. The average Bonchev–Trinajstić information content (AvgIpc) is 3.43. The molecule has 0 saturated heterocycles. The maximum absolute atomic E-state index is 2.37. The fraction of sp³-hybridized carbons (Fsp3) is 0.0294. The summed E-state index contributed by atoms with van der Waals surface area (Å²) in [6.07, 6.45) is 12.0. The minimum absolute atomic E-state index is 0.971. The Morgan fingerprint density at radius 2 is 0.657 bits per heavy atom. The Hall–Kier alpha value is -8.98. The van der Waals surface area contributed by atoms with Crippen LogP contribution in [0, 0.1) is 0 Å². The summed E-state index contributed by atoms with van der Waals surface area (Å²) in [7, 11) is 0. The van der Waals surface area contributed by atoms with Gasteiger partial charge in [0.25, 0.3) is 0 Å². The molecule has 0 aliphatic heterocycles. The molecule has 12 rings (SSSR count). The number of para-hydroxylation sites is 2. The van der Waals surface area contributed by atoms with E-state index in [1.807, 2.05) is 0 Å². The molecule has 2 nitrogen and oxygen atoms in total. The molecule has 2 heteroatoms. The van der Waals surface area contributed by atoms with Crippen molar-refractivity contribution in [2.45, 2.75) is 13.3 Å². The summed E-state index contributed by atoms with van der Waals surface area (Å²) in [4.78, 5) is 4.73. The van der Waals surface area contributed by atoms with E-state index in [2.05, 4.69) is 290 Å². The molecule has 12 aromatic rings. The lowest BCUT2D eigenvalue weighted by atomic mass is 9.94. The number of anilines is 6. The Morgan fingerprint density at radius 1 is 0.329 bits per heavy atom. The van der Waals surface area contributed by atoms with Crippen molar-refractivity contribution in [2.75, 3.05) is 9.80 Å². The molecule has 70 heavy (non-hydrogen) atoms. The van der Waals surface area contributed by atoms with Crippen LogP contribution < -0.4 is 9.80 Å². The highest BCUT2D eigenvalue weighted by Gasteiger charge is 2.18. The van der Waals surface area contributed by atoms with Gasteiger partial charge in [-0.1, -0.05) is 207 Å². The van der Waals surface area contributed by atoms with E-state index in [1.165, 1.54) is 64.6 Å². The molecule has 0 aliphatic carbocycles. The summed E-state index contributed by atoms with van der Waals surface area (Å²) in [5.74, 6) is 0. The topological polar surface area (TPSA) is 6.48 Å². The van der Waals surface area contributed by atoms with Crippen molar-refractivity contribution in [2.24, 2.45) is 0 Å². The van der Waals surface area contributed by atoms with Crippen molar-refractivity contribution in [1.82, 2.24) is 0 Å². The van der Waals surface area contributed by atoms with Gasteiger partial charge in [0.05, 0.1) is 0 Å². The number of allylic oxidation sites excluding steroid dienone is 5. The number of hydrogen-bond donors (Lipinski definition) is 0. The van der Waals surface area contributed by atoms with Gasteiger partial charge in [0.2, 0.25) is 0 Å². The third-order valence-electron chi connectivity index (χ3n) is 13.7. The first-order valence-corrected chi connectivity index (χ1v) is 24.3. The Balaban J connectivity index is 0.877. The first-order chi connectivity index (χ1) is 34.7. The van der Waals surface area contributed by atoms with Crippen molar-refractivity contribution < 1.29 is 0 Å². The van der Waals surface area contributed by atoms with Crippen LogP contribution in [0.5, 0.6) is 0 Å². The number of hydrogen-bond acceptors (Lipinski definition) is 2. The maximum atomic E-state index is 2.37. The van der Waals surface area contributed by atoms with Crippen LogP contribution >= 0.6 is 0 Å². The van der Waals surface area contributed by atoms with Gasteiger partial charge in [0.15, 0.2) is 0 Å². The van der Waals surface area contributed by atoms with Gasteiger partial charge in [-0.15, -0.1) is 0 Å². The van der Waals surface area contributed by atoms with Crippen LogP contribution in [0.2, 0.25) is 0 Å². The van der Waals surface area contributed by atoms with Crippen LogP contribution in [-0.4, -0.2) is 0 Å². The first kappa shape index (κ1) is 42.4. The zero-order chi connectivity index (χ0) is 46.8. The Labute approximate surface area is 409 Å². The summed E-state index contributed by atoms with van der Waals surface area (Å²) in [5, 5.41) is 15.2. The number of nitrogens with zero attached hydrogens (tertiary/aromatic N) is 2. The second-order valence-electron chi connectivity index (χ2n) is 17.9. The van der Waals surface area contributed by atoms with Crippen molar-refractivity contribution in [3.63, 3.8) is 0 Å². The normalized spacial score (nSPS) is 12.1. The monoisotopic (exact) mass is 894 g/mol. The molecule has 0 heterocycles. The zero-order valence-corrected chi connectivity index (χ0v) is 39.1. The standard InChI is InChI=1S/C68H50N2/c1-2-3-6-19-49(50-36-40-54(41-37-50)70(52-22-9-5-10-23-52)56-43-45-66-62-29-14-12-25-58(62)60-27-16-18-31-64(60)68(66)47-56)35-32-48-33-38-53(39-34-48)69(51-20-7-4-8-21-51)55-42-44-65-61-28-13-11-24-57(61)59-26-15-17-30-63(59)67(65)46-55/h3-47H,2H2,1H3/b6-3-,35-32+,49-19+. The molecular formula is C68H50N2. The molecule has 0 unspecified atom stereocenters. The van der Waals surface area contributed by atoms with E-state index in [0.29, 0.717) is 0 Å². The summed E-state index contributed by atoms with van der Waals surface area (Å²) in [5.41, 5.74) is 10.1. The van der Waals surface area contributed by atoms with Gasteiger partial charge in [-0.05, 0) is 161 Å². The van der Waals surface area contributed by atoms with E-state index < -0.39 is 0 Å². The van der Waals surface area contributed by atoms with E-state index >= 15 is 0 Å². The number of rotatable bonds is 11. The highest BCUT2D eigenvalue weighted by molar-refractivity contribution is 6.27. The third-order valence-corrected chi connectivity index (χ3v) is 13.7. The molecule has 12 aromatic carbocycles. The van der Waals surface area contributed by atoms with Gasteiger partial charge in [-0.2, -0.15) is 0 Å². The SMILES string of the molecule is CC\C=C/C=C(\C=C\c1ccc(N(c2ccccc2)c2ccc3c4ccccc4c4ccccc4c3c2)cc1)c1ccc(N(c2ccccc2)c2ccc3c4ccccc4c4ccccc4c3c2)cc1. The predicted molar refractivity (Wildman–Crippen MR) is 304 cm³/mol. The molecule has 0 atom stereocenters. The van der Waals surface area contributed by atoms with Crippen molar-refractivity contribution in [3.8, 4) is 0 Å². The lowest BCUT2D eigenvalue weighted by molar-refractivity contribution is 1.22. The fourth-order valence-corrected chi connectivity index (χ4v) is 10.4. The molecule has 0 amide bonds. The first-order valence-electron chi connectivity index (χ1n) is 24.3. The Kier molecular flexibility index (Phi) is 11.3. The van der Waals surface area contributed by atoms with Gasteiger partial charge < -0.3 is 9.80 Å². The van der Waals surface area contributed by atoms with Gasteiger partial charge in [0, 0.05) is 34.1 Å². The molecule has 0 N–H and O–H groups in total. The summed E-state index contributed by atoms with van der Waals surface area (Å²) >= 11 is 0. The van der Waals surface area contributed by atoms with Gasteiger partial charge in [-0.25, -0.2) is 0 Å². The smallest absolute Gasteiger partial charge is 0.0468 e. The van der Waals surface area contributed by atoms with Crippen LogP contribution in [0.25, 0.3) is 76.3 Å². The Morgan fingerprint density at radius 3 is 1.06 bits per heavy atom. The minimum Gasteiger partial charge on any atom is -0.310 e. The highest BCUT2D eigenvalue weighted by atomic mass is 15.1. The summed E-state index contributed by atoms with van der Waals surface area (Å²) < 4.78 is 0. The molecule has 0 saturated carbocycles. The van der Waals surface area contributed by atoms with E-state index in [1.54, 1.807) is 0 Å². The summed E-state index contributed by atoms with van der Waals surface area (Å²) in [6, 6.07) is 88.3. The Bertz CT molecular complexity index is 3890. The van der Waals surface area contributed by atoms with E-state index in [4.69, 9.17) is 0 Å². The van der Waals surface area contributed by atoms with E-state index in [0.717, 1.165) is 57.2 Å². The van der Waals surface area contributed by atoms with Crippen LogP contribution in [-0.2, 0) is 0 Å². The average molecular weight is 895 g/mol. The van der Waals surface area contributed by atoms with Gasteiger partial charge >= 0.3 is 0 Å². The van der Waals surface area contributed by atoms with Crippen LogP contribution in [0.4, 0.5) is 34.1 Å². The van der Waals surface area contributed by atoms with Crippen LogP contribution in [0.3, 0.4) is 0 Å². The quantitative estimate of drug-likeness (QED) is 0.0943. The lowest BCUT2D eigenvalue weighted by Gasteiger charge is -2.26. The molecule has 0 spiro atoms. The lowest BCUT2D eigenvalue weighted by Crippen LogP contribution is -2.09. The molecule has 0 aromatic heterocycles. The number of benzene rings is 12. The van der Waals surface area contributed by atoms with Gasteiger partial charge in [0.1, 0.15) is 0 Å². The summed E-state index contributed by atoms with van der Waals surface area (Å²) in [6.45, 7) is 2.17. The minimum atomic E-state index is 0.971. The van der Waals surface area contributed by atoms with Crippen molar-refractivity contribution in [1.29, 1.82) is 0 Å². The molecular weight excluding hydrogens is 845 g/mol. The molecule has 332 valence electrons. The predicted octanol–water partition coefficient (Wildman–Crippen LogP) is 19.6. The zero-order valence-electron chi connectivity index (χ0n) is 39.1. The van der Waals surface area contributed by atoms with Crippen LogP contribution in [0.15, 0.2) is 267 Å². The molecule has 0 fully saturated rings. The highest BCUT2D eigenvalue weighted by Crippen LogP contribution is 2.43. The van der Waals surface area contributed by atoms with Crippen molar-refractivity contribution >= 4 is 110 Å². The molecule has 0 aliphatic rings. The van der Waals surface area contributed by atoms with E-state index in [9.17, 15) is 0 Å². The second kappa shape index (κ2) is 18.6. The second-order valence-corrected chi connectivity index (χ2v) is 17.9. The van der Waals surface area contributed by atoms with Gasteiger partial charge in [-0.3, -0.25) is 0 Å². The molecule has 0 radical (unpaired) electrons. The molecule has 0 bridgehead atoms. The third kappa shape index (κ3) is 7.86. The number of fused-ring (bicyclic) bond motifs is 12. The largest absolute Gasteiger partial charge is 0.310 e.